The highest BCUT2D eigenvalue weighted by Crippen LogP contribution is 2.47. The highest BCUT2D eigenvalue weighted by molar-refractivity contribution is 7.62. The molecule has 0 radical (unpaired) electrons. The summed E-state index contributed by atoms with van der Waals surface area (Å²) in [5.41, 5.74) is 1.58. The summed E-state index contributed by atoms with van der Waals surface area (Å²) in [5.74, 6) is -0.283. The number of oxime groups is 1. The Kier molecular flexibility index (Phi) is 2.61. The third kappa shape index (κ3) is 2.26. The molecule has 4 nitrogen and oxygen atoms in total. The number of hydrogen-bond acceptors (Lipinski definition) is 4. The summed E-state index contributed by atoms with van der Waals surface area (Å²) in [6.45, 7) is 3.43. The first-order valence-electron chi connectivity index (χ1n) is 4.76. The van der Waals surface area contributed by atoms with Crippen molar-refractivity contribution in [2.75, 3.05) is 13.3 Å². The molecule has 0 spiro atoms. The predicted octanol–water partition coefficient (Wildman–Crippen LogP) is 2.15. The zero-order valence-electron chi connectivity index (χ0n) is 8.75. The van der Waals surface area contributed by atoms with E-state index in [1.807, 2.05) is 18.2 Å². The fraction of sp³-hybridized carbons (Fsp3) is 0.400. The van der Waals surface area contributed by atoms with E-state index in [2.05, 4.69) is 10.1 Å². The number of aromatic nitrogens is 1. The van der Waals surface area contributed by atoms with Gasteiger partial charge in [0.15, 0.2) is 5.85 Å². The van der Waals surface area contributed by atoms with E-state index >= 15 is 0 Å². The molecular formula is C10H13N2O2P. The average molecular weight is 224 g/mol. The van der Waals surface area contributed by atoms with Gasteiger partial charge in [0.05, 0.1) is 5.69 Å². The van der Waals surface area contributed by atoms with E-state index < -0.39 is 7.14 Å². The van der Waals surface area contributed by atoms with Crippen LogP contribution in [-0.4, -0.2) is 29.9 Å². The molecular weight excluding hydrogens is 211 g/mol. The van der Waals surface area contributed by atoms with E-state index in [1.165, 1.54) is 0 Å². The standard InChI is InChI=1S/C10H13N2O2P/c1-15(2,13)10-7-9(12-14-10)8-5-3-4-6-11-8/h3-6,10H,7H2,1-2H3. The second-order valence-electron chi connectivity index (χ2n) is 3.95. The zero-order chi connectivity index (χ0) is 10.9. The molecule has 0 fully saturated rings. The smallest absolute Gasteiger partial charge is 0.184 e. The molecule has 0 saturated carbocycles. The van der Waals surface area contributed by atoms with Gasteiger partial charge in [-0.2, -0.15) is 0 Å². The van der Waals surface area contributed by atoms with Gasteiger partial charge in [-0.3, -0.25) is 4.98 Å². The van der Waals surface area contributed by atoms with Crippen molar-refractivity contribution in [3.05, 3.63) is 30.1 Å². The molecule has 1 atom stereocenters. The molecule has 0 aliphatic carbocycles. The fourth-order valence-electron chi connectivity index (χ4n) is 1.38. The first-order valence-corrected chi connectivity index (χ1v) is 7.43. The monoisotopic (exact) mass is 224 g/mol. The van der Waals surface area contributed by atoms with Crippen molar-refractivity contribution in [1.29, 1.82) is 0 Å². The van der Waals surface area contributed by atoms with Crippen molar-refractivity contribution < 1.29 is 9.40 Å². The summed E-state index contributed by atoms with van der Waals surface area (Å²) in [5, 5.41) is 3.94. The summed E-state index contributed by atoms with van der Waals surface area (Å²) >= 11 is 0. The van der Waals surface area contributed by atoms with Crippen LogP contribution in [-0.2, 0) is 9.40 Å². The summed E-state index contributed by atoms with van der Waals surface area (Å²) in [6, 6.07) is 5.62. The van der Waals surface area contributed by atoms with Gasteiger partial charge in [0.1, 0.15) is 12.9 Å². The van der Waals surface area contributed by atoms with E-state index in [0.29, 0.717) is 6.42 Å². The Morgan fingerprint density at radius 2 is 2.27 bits per heavy atom. The Balaban J connectivity index is 2.14. The van der Waals surface area contributed by atoms with E-state index in [9.17, 15) is 4.57 Å². The SMILES string of the molecule is CP(C)(=O)C1CC(c2ccccn2)=NO1. The van der Waals surface area contributed by atoms with Gasteiger partial charge >= 0.3 is 0 Å². The Morgan fingerprint density at radius 3 is 2.80 bits per heavy atom. The maximum Gasteiger partial charge on any atom is 0.184 e. The molecule has 1 aromatic rings. The van der Waals surface area contributed by atoms with Crippen LogP contribution in [0.2, 0.25) is 0 Å². The largest absolute Gasteiger partial charge is 0.384 e. The second-order valence-corrected chi connectivity index (χ2v) is 7.40. The Hall–Kier alpha value is -1.15. The molecule has 1 unspecified atom stereocenters. The molecule has 0 aromatic carbocycles. The van der Waals surface area contributed by atoms with Crippen LogP contribution in [0.3, 0.4) is 0 Å². The lowest BCUT2D eigenvalue weighted by atomic mass is 10.2. The van der Waals surface area contributed by atoms with E-state index in [4.69, 9.17) is 4.84 Å². The summed E-state index contributed by atoms with van der Waals surface area (Å²) < 4.78 is 11.8. The topological polar surface area (TPSA) is 51.5 Å². The molecule has 80 valence electrons. The third-order valence-corrected chi connectivity index (χ3v) is 3.97. The van der Waals surface area contributed by atoms with Crippen molar-refractivity contribution in [2.45, 2.75) is 12.3 Å². The van der Waals surface area contributed by atoms with Gasteiger partial charge < -0.3 is 9.40 Å². The van der Waals surface area contributed by atoms with Gasteiger partial charge in [-0.1, -0.05) is 11.2 Å². The lowest BCUT2D eigenvalue weighted by Crippen LogP contribution is -2.08. The molecule has 0 bridgehead atoms. The van der Waals surface area contributed by atoms with Gasteiger partial charge in [-0.05, 0) is 25.5 Å². The number of nitrogens with zero attached hydrogens (tertiary/aromatic N) is 2. The van der Waals surface area contributed by atoms with E-state index in [-0.39, 0.29) is 5.85 Å². The average Bonchev–Trinajstić information content (AvgIpc) is 2.67. The third-order valence-electron chi connectivity index (χ3n) is 2.31. The van der Waals surface area contributed by atoms with Crippen LogP contribution < -0.4 is 0 Å². The van der Waals surface area contributed by atoms with Gasteiger partial charge in [-0.15, -0.1) is 0 Å². The van der Waals surface area contributed by atoms with Crippen molar-refractivity contribution >= 4 is 12.9 Å². The highest BCUT2D eigenvalue weighted by Gasteiger charge is 2.32. The molecule has 0 N–H and O–H groups in total. The molecule has 0 amide bonds. The predicted molar refractivity (Wildman–Crippen MR) is 59.7 cm³/mol. The molecule has 1 aliphatic heterocycles. The summed E-state index contributed by atoms with van der Waals surface area (Å²) in [7, 11) is -2.24. The van der Waals surface area contributed by atoms with Crippen LogP contribution in [0.15, 0.2) is 29.6 Å². The molecule has 1 aromatic heterocycles. The Labute approximate surface area is 88.7 Å². The van der Waals surface area contributed by atoms with Crippen molar-refractivity contribution in [3.63, 3.8) is 0 Å². The van der Waals surface area contributed by atoms with Crippen LogP contribution in [0.4, 0.5) is 0 Å². The van der Waals surface area contributed by atoms with Gasteiger partial charge in [0, 0.05) is 12.6 Å². The quantitative estimate of drug-likeness (QED) is 0.723. The Bertz CT molecular complexity index is 424. The molecule has 2 rings (SSSR count). The summed E-state index contributed by atoms with van der Waals surface area (Å²) in [6.07, 6.45) is 2.30. The molecule has 5 heteroatoms. The van der Waals surface area contributed by atoms with Gasteiger partial charge in [0.2, 0.25) is 0 Å². The number of hydrogen-bond donors (Lipinski definition) is 0. The lowest BCUT2D eigenvalue weighted by Gasteiger charge is -2.12. The van der Waals surface area contributed by atoms with Crippen LogP contribution in [0, 0.1) is 0 Å². The highest BCUT2D eigenvalue weighted by atomic mass is 31.2. The van der Waals surface area contributed by atoms with Gasteiger partial charge in [0.25, 0.3) is 0 Å². The van der Waals surface area contributed by atoms with Crippen LogP contribution in [0.1, 0.15) is 12.1 Å². The molecule has 15 heavy (non-hydrogen) atoms. The number of pyridine rings is 1. The lowest BCUT2D eigenvalue weighted by molar-refractivity contribution is 0.139. The van der Waals surface area contributed by atoms with Crippen LogP contribution in [0.25, 0.3) is 0 Å². The van der Waals surface area contributed by atoms with E-state index in [0.717, 1.165) is 11.4 Å². The van der Waals surface area contributed by atoms with Crippen LogP contribution in [0.5, 0.6) is 0 Å². The minimum atomic E-state index is -2.24. The van der Waals surface area contributed by atoms with Gasteiger partial charge in [-0.25, -0.2) is 0 Å². The first kappa shape index (κ1) is 10.4. The maximum atomic E-state index is 11.8. The normalized spacial score (nSPS) is 20.9. The van der Waals surface area contributed by atoms with Crippen LogP contribution >= 0.6 is 7.14 Å². The first-order chi connectivity index (χ1) is 7.07. The second kappa shape index (κ2) is 3.78. The zero-order valence-corrected chi connectivity index (χ0v) is 9.65. The minimum Gasteiger partial charge on any atom is -0.384 e. The van der Waals surface area contributed by atoms with Crippen molar-refractivity contribution in [2.24, 2.45) is 5.16 Å². The maximum absolute atomic E-state index is 11.8. The van der Waals surface area contributed by atoms with Crippen molar-refractivity contribution in [1.82, 2.24) is 4.98 Å². The minimum absolute atomic E-state index is 0.283. The molecule has 2 heterocycles. The van der Waals surface area contributed by atoms with Crippen molar-refractivity contribution in [3.8, 4) is 0 Å². The summed E-state index contributed by atoms with van der Waals surface area (Å²) in [4.78, 5) is 9.35. The fourth-order valence-corrected chi connectivity index (χ4v) is 2.27. The van der Waals surface area contributed by atoms with E-state index in [1.54, 1.807) is 19.5 Å². The Morgan fingerprint density at radius 1 is 1.47 bits per heavy atom. The number of rotatable bonds is 2. The molecule has 0 saturated heterocycles. The molecule has 1 aliphatic rings.